The van der Waals surface area contributed by atoms with E-state index in [1.807, 2.05) is 36.4 Å². The van der Waals surface area contributed by atoms with E-state index in [0.717, 1.165) is 16.6 Å². The fourth-order valence-corrected chi connectivity index (χ4v) is 2.44. The number of fused-ring (bicyclic) bond motifs is 1. The summed E-state index contributed by atoms with van der Waals surface area (Å²) in [5.74, 6) is 1.91. The summed E-state index contributed by atoms with van der Waals surface area (Å²) in [6, 6.07) is 17.6. The summed E-state index contributed by atoms with van der Waals surface area (Å²) in [5.41, 5.74) is 2.64. The lowest BCUT2D eigenvalue weighted by atomic mass is 10.1. The van der Waals surface area contributed by atoms with Crippen molar-refractivity contribution in [3.8, 4) is 22.9 Å². The molecule has 2 heterocycles. The lowest BCUT2D eigenvalue weighted by molar-refractivity contribution is -0.384. The summed E-state index contributed by atoms with van der Waals surface area (Å²) in [4.78, 5) is 18.0. The number of imidazole rings is 1. The van der Waals surface area contributed by atoms with Gasteiger partial charge in [-0.05, 0) is 36.4 Å². The van der Waals surface area contributed by atoms with Crippen LogP contribution in [0.15, 0.2) is 65.1 Å². The zero-order valence-corrected chi connectivity index (χ0v) is 11.9. The third-order valence-corrected chi connectivity index (χ3v) is 3.59. The molecular weight excluding hydrogens is 294 g/mol. The van der Waals surface area contributed by atoms with Crippen LogP contribution in [0.5, 0.6) is 0 Å². The maximum Gasteiger partial charge on any atom is 0.269 e. The van der Waals surface area contributed by atoms with Crippen molar-refractivity contribution in [2.75, 3.05) is 0 Å². The summed E-state index contributed by atoms with van der Waals surface area (Å²) in [6.45, 7) is 0. The van der Waals surface area contributed by atoms with Gasteiger partial charge in [0.1, 0.15) is 5.76 Å². The molecule has 0 unspecified atom stereocenters. The van der Waals surface area contributed by atoms with E-state index >= 15 is 0 Å². The van der Waals surface area contributed by atoms with Crippen LogP contribution in [-0.4, -0.2) is 14.9 Å². The van der Waals surface area contributed by atoms with Gasteiger partial charge in [0.15, 0.2) is 11.6 Å². The number of H-pyrrole nitrogens is 1. The Bertz CT molecular complexity index is 966. The van der Waals surface area contributed by atoms with Crippen LogP contribution in [0.3, 0.4) is 0 Å². The van der Waals surface area contributed by atoms with Gasteiger partial charge in [0, 0.05) is 17.7 Å². The highest BCUT2D eigenvalue weighted by Gasteiger charge is 2.12. The first-order chi connectivity index (χ1) is 11.2. The third-order valence-electron chi connectivity index (χ3n) is 3.59. The van der Waals surface area contributed by atoms with E-state index in [1.54, 1.807) is 12.1 Å². The van der Waals surface area contributed by atoms with Crippen molar-refractivity contribution < 1.29 is 9.34 Å². The number of aromatic nitrogens is 2. The maximum absolute atomic E-state index is 10.7. The molecule has 0 atom stereocenters. The van der Waals surface area contributed by atoms with Gasteiger partial charge in [-0.3, -0.25) is 10.1 Å². The fourth-order valence-electron chi connectivity index (χ4n) is 2.44. The lowest BCUT2D eigenvalue weighted by Crippen LogP contribution is -1.86. The Hall–Kier alpha value is -3.41. The van der Waals surface area contributed by atoms with E-state index in [9.17, 15) is 10.1 Å². The second-order valence-corrected chi connectivity index (χ2v) is 5.07. The van der Waals surface area contributed by atoms with Crippen LogP contribution < -0.4 is 0 Å². The number of para-hydroxylation sites is 2. The summed E-state index contributed by atoms with van der Waals surface area (Å²) in [6.07, 6.45) is 0. The molecule has 0 bridgehead atoms. The zero-order chi connectivity index (χ0) is 15.8. The SMILES string of the molecule is O=[N+]([O-])c1ccc(-c2ccc(-c3nc4ccccc4[nH]3)o2)cc1. The molecule has 2 aromatic carbocycles. The quantitative estimate of drug-likeness (QED) is 0.449. The first kappa shape index (κ1) is 13.3. The standard InChI is InChI=1S/C17H11N3O3/c21-20(22)12-7-5-11(6-8-12)15-9-10-16(23-15)17-18-13-3-1-2-4-14(13)19-17/h1-10H,(H,18,19). The number of nitro benzene ring substituents is 1. The molecule has 4 aromatic rings. The molecule has 2 aromatic heterocycles. The van der Waals surface area contributed by atoms with Crippen molar-refractivity contribution in [1.29, 1.82) is 0 Å². The molecule has 1 N–H and O–H groups in total. The van der Waals surface area contributed by atoms with Gasteiger partial charge in [-0.15, -0.1) is 0 Å². The Morgan fingerprint density at radius 2 is 1.70 bits per heavy atom. The molecule has 0 radical (unpaired) electrons. The first-order valence-electron chi connectivity index (χ1n) is 7.00. The highest BCUT2D eigenvalue weighted by Crippen LogP contribution is 2.29. The molecule has 4 rings (SSSR count). The highest BCUT2D eigenvalue weighted by atomic mass is 16.6. The average Bonchev–Trinajstić information content (AvgIpc) is 3.21. The molecule has 0 fully saturated rings. The van der Waals surface area contributed by atoms with E-state index in [2.05, 4.69) is 9.97 Å². The Morgan fingerprint density at radius 1 is 0.957 bits per heavy atom. The number of furan rings is 1. The summed E-state index contributed by atoms with van der Waals surface area (Å²) in [5, 5.41) is 10.7. The molecule has 23 heavy (non-hydrogen) atoms. The predicted octanol–water partition coefficient (Wildman–Crippen LogP) is 4.40. The Morgan fingerprint density at radius 3 is 2.43 bits per heavy atom. The number of nitrogens with zero attached hydrogens (tertiary/aromatic N) is 2. The molecule has 6 nitrogen and oxygen atoms in total. The number of hydrogen-bond donors (Lipinski definition) is 1. The van der Waals surface area contributed by atoms with Gasteiger partial charge in [0.05, 0.1) is 16.0 Å². The van der Waals surface area contributed by atoms with Gasteiger partial charge >= 0.3 is 0 Å². The van der Waals surface area contributed by atoms with Crippen LogP contribution in [0, 0.1) is 10.1 Å². The maximum atomic E-state index is 10.7. The van der Waals surface area contributed by atoms with Gasteiger partial charge < -0.3 is 9.40 Å². The third kappa shape index (κ3) is 2.36. The summed E-state index contributed by atoms with van der Waals surface area (Å²) < 4.78 is 5.82. The van der Waals surface area contributed by atoms with Crippen molar-refractivity contribution in [3.05, 3.63) is 70.8 Å². The largest absolute Gasteiger partial charge is 0.453 e. The zero-order valence-electron chi connectivity index (χ0n) is 11.9. The van der Waals surface area contributed by atoms with Gasteiger partial charge in [-0.2, -0.15) is 0 Å². The minimum Gasteiger partial charge on any atom is -0.453 e. The number of benzene rings is 2. The summed E-state index contributed by atoms with van der Waals surface area (Å²) in [7, 11) is 0. The number of rotatable bonds is 3. The number of non-ortho nitro benzene ring substituents is 1. The normalized spacial score (nSPS) is 11.0. The lowest BCUT2D eigenvalue weighted by Gasteiger charge is -1.96. The molecule has 0 aliphatic rings. The predicted molar refractivity (Wildman–Crippen MR) is 85.9 cm³/mol. The number of aromatic amines is 1. The molecule has 0 aliphatic heterocycles. The molecule has 0 amide bonds. The van der Waals surface area contributed by atoms with E-state index in [0.29, 0.717) is 17.3 Å². The van der Waals surface area contributed by atoms with E-state index in [4.69, 9.17) is 4.42 Å². The minimum atomic E-state index is -0.425. The van der Waals surface area contributed by atoms with Crippen LogP contribution >= 0.6 is 0 Å². The van der Waals surface area contributed by atoms with Gasteiger partial charge in [-0.1, -0.05) is 12.1 Å². The topological polar surface area (TPSA) is 85.0 Å². The fraction of sp³-hybridized carbons (Fsp3) is 0. The van der Waals surface area contributed by atoms with Crippen molar-refractivity contribution in [2.45, 2.75) is 0 Å². The number of hydrogen-bond acceptors (Lipinski definition) is 4. The second-order valence-electron chi connectivity index (χ2n) is 5.07. The first-order valence-corrected chi connectivity index (χ1v) is 7.00. The molecule has 0 spiro atoms. The van der Waals surface area contributed by atoms with Crippen molar-refractivity contribution in [2.24, 2.45) is 0 Å². The van der Waals surface area contributed by atoms with Crippen LogP contribution in [-0.2, 0) is 0 Å². The van der Waals surface area contributed by atoms with E-state index in [-0.39, 0.29) is 5.69 Å². The molecule has 6 heteroatoms. The molecule has 0 saturated heterocycles. The van der Waals surface area contributed by atoms with Gasteiger partial charge in [0.2, 0.25) is 0 Å². The Kier molecular flexibility index (Phi) is 2.94. The monoisotopic (exact) mass is 305 g/mol. The second kappa shape index (κ2) is 5.10. The Balaban J connectivity index is 1.69. The average molecular weight is 305 g/mol. The van der Waals surface area contributed by atoms with Gasteiger partial charge in [0.25, 0.3) is 5.69 Å². The highest BCUT2D eigenvalue weighted by molar-refractivity contribution is 5.78. The minimum absolute atomic E-state index is 0.0535. The van der Waals surface area contributed by atoms with Crippen molar-refractivity contribution in [3.63, 3.8) is 0 Å². The molecule has 0 aliphatic carbocycles. The van der Waals surface area contributed by atoms with Crippen molar-refractivity contribution in [1.82, 2.24) is 9.97 Å². The molecule has 0 saturated carbocycles. The molecular formula is C17H11N3O3. The van der Waals surface area contributed by atoms with Crippen LogP contribution in [0.1, 0.15) is 0 Å². The summed E-state index contributed by atoms with van der Waals surface area (Å²) >= 11 is 0. The van der Waals surface area contributed by atoms with Crippen LogP contribution in [0.4, 0.5) is 5.69 Å². The smallest absolute Gasteiger partial charge is 0.269 e. The number of nitrogens with one attached hydrogen (secondary N) is 1. The van der Waals surface area contributed by atoms with Crippen LogP contribution in [0.2, 0.25) is 0 Å². The van der Waals surface area contributed by atoms with Crippen molar-refractivity contribution >= 4 is 16.7 Å². The molecule has 112 valence electrons. The Labute approximate surface area is 130 Å². The van der Waals surface area contributed by atoms with E-state index in [1.165, 1.54) is 12.1 Å². The van der Waals surface area contributed by atoms with Crippen LogP contribution in [0.25, 0.3) is 33.9 Å². The van der Waals surface area contributed by atoms with E-state index < -0.39 is 4.92 Å². The van der Waals surface area contributed by atoms with Gasteiger partial charge in [-0.25, -0.2) is 4.98 Å². The number of nitro groups is 1.